The molecule has 0 spiro atoms. The highest BCUT2D eigenvalue weighted by atomic mass is 79.9. The maximum atomic E-state index is 5.74. The van der Waals surface area contributed by atoms with Crippen LogP contribution in [0, 0.1) is 5.92 Å². The minimum atomic E-state index is 0.714. The lowest BCUT2D eigenvalue weighted by Gasteiger charge is -2.13. The third-order valence-electron chi connectivity index (χ3n) is 2.45. The average Bonchev–Trinajstić information content (AvgIpc) is 2.63. The number of nitrogens with one attached hydrogen (secondary N) is 1. The second kappa shape index (κ2) is 7.66. The first kappa shape index (κ1) is 13.5. The van der Waals surface area contributed by atoms with Gasteiger partial charge in [-0.15, -0.1) is 22.9 Å². The van der Waals surface area contributed by atoms with Crippen molar-refractivity contribution >= 4 is 38.9 Å². The van der Waals surface area contributed by atoms with Crippen LogP contribution in [-0.4, -0.2) is 12.4 Å². The molecule has 1 atom stereocenters. The second-order valence-electron chi connectivity index (χ2n) is 3.61. The molecular formula is C11H17BrClNS. The number of thiophene rings is 1. The van der Waals surface area contributed by atoms with Crippen molar-refractivity contribution in [2.24, 2.45) is 5.92 Å². The Morgan fingerprint density at radius 3 is 2.93 bits per heavy atom. The zero-order valence-corrected chi connectivity index (χ0v) is 12.1. The van der Waals surface area contributed by atoms with E-state index in [1.807, 2.05) is 0 Å². The third-order valence-corrected chi connectivity index (χ3v) is 4.36. The summed E-state index contributed by atoms with van der Waals surface area (Å²) in [7, 11) is 0. The monoisotopic (exact) mass is 309 g/mol. The van der Waals surface area contributed by atoms with Crippen LogP contribution in [0.25, 0.3) is 0 Å². The van der Waals surface area contributed by atoms with Gasteiger partial charge in [-0.2, -0.15) is 0 Å². The molecule has 1 aromatic heterocycles. The first-order chi connectivity index (χ1) is 7.26. The highest BCUT2D eigenvalue weighted by Gasteiger charge is 2.05. The SMILES string of the molecule is CCC(CCCl)CNCc1cc(Br)cs1. The summed E-state index contributed by atoms with van der Waals surface area (Å²) < 4.78 is 1.18. The Morgan fingerprint density at radius 1 is 1.60 bits per heavy atom. The van der Waals surface area contributed by atoms with Crippen molar-refractivity contribution in [2.45, 2.75) is 26.3 Å². The second-order valence-corrected chi connectivity index (χ2v) is 5.90. The summed E-state index contributed by atoms with van der Waals surface area (Å²) in [5.41, 5.74) is 0. The molecule has 0 aliphatic heterocycles. The van der Waals surface area contributed by atoms with Crippen LogP contribution in [-0.2, 0) is 6.54 Å². The van der Waals surface area contributed by atoms with E-state index in [0.29, 0.717) is 5.92 Å². The Morgan fingerprint density at radius 2 is 2.40 bits per heavy atom. The van der Waals surface area contributed by atoms with Gasteiger partial charge in [-0.25, -0.2) is 0 Å². The fourth-order valence-corrected chi connectivity index (χ4v) is 3.18. The number of rotatable bonds is 7. The molecule has 0 aliphatic rings. The molecule has 0 amide bonds. The molecule has 1 N–H and O–H groups in total. The molecular weight excluding hydrogens is 294 g/mol. The molecule has 1 nitrogen and oxygen atoms in total. The van der Waals surface area contributed by atoms with Gasteiger partial charge in [0.1, 0.15) is 0 Å². The van der Waals surface area contributed by atoms with Crippen LogP contribution in [0.2, 0.25) is 0 Å². The molecule has 1 rings (SSSR count). The van der Waals surface area contributed by atoms with Gasteiger partial charge in [0.2, 0.25) is 0 Å². The van der Waals surface area contributed by atoms with E-state index in [-0.39, 0.29) is 0 Å². The zero-order valence-electron chi connectivity index (χ0n) is 8.93. The van der Waals surface area contributed by atoms with Crippen LogP contribution in [0.1, 0.15) is 24.6 Å². The molecule has 0 saturated heterocycles. The van der Waals surface area contributed by atoms with Gasteiger partial charge in [0, 0.05) is 27.2 Å². The van der Waals surface area contributed by atoms with Crippen molar-refractivity contribution in [3.63, 3.8) is 0 Å². The van der Waals surface area contributed by atoms with Crippen LogP contribution in [0.15, 0.2) is 15.9 Å². The lowest BCUT2D eigenvalue weighted by molar-refractivity contribution is 0.452. The maximum absolute atomic E-state index is 5.74. The molecule has 86 valence electrons. The van der Waals surface area contributed by atoms with Crippen molar-refractivity contribution < 1.29 is 0 Å². The van der Waals surface area contributed by atoms with Crippen LogP contribution in [0.5, 0.6) is 0 Å². The predicted octanol–water partition coefficient (Wildman–Crippen LogP) is 4.26. The smallest absolute Gasteiger partial charge is 0.0300 e. The minimum absolute atomic E-state index is 0.714. The molecule has 0 fully saturated rings. The molecule has 0 radical (unpaired) electrons. The summed E-state index contributed by atoms with van der Waals surface area (Å²) in [5.74, 6) is 1.48. The number of hydrogen-bond acceptors (Lipinski definition) is 2. The molecule has 4 heteroatoms. The summed E-state index contributed by atoms with van der Waals surface area (Å²) in [6.07, 6.45) is 2.31. The van der Waals surface area contributed by atoms with Gasteiger partial charge in [-0.05, 0) is 40.9 Å². The van der Waals surface area contributed by atoms with E-state index in [4.69, 9.17) is 11.6 Å². The first-order valence-electron chi connectivity index (χ1n) is 5.25. The summed E-state index contributed by atoms with van der Waals surface area (Å²) in [6, 6.07) is 2.17. The quantitative estimate of drug-likeness (QED) is 0.742. The normalized spacial score (nSPS) is 13.0. The van der Waals surface area contributed by atoms with E-state index in [9.17, 15) is 0 Å². The topological polar surface area (TPSA) is 12.0 Å². The van der Waals surface area contributed by atoms with Crippen LogP contribution in [0.3, 0.4) is 0 Å². The Labute approximate surface area is 109 Å². The van der Waals surface area contributed by atoms with Gasteiger partial charge in [0.15, 0.2) is 0 Å². The molecule has 1 aromatic rings. The van der Waals surface area contributed by atoms with E-state index in [2.05, 4.69) is 39.6 Å². The first-order valence-corrected chi connectivity index (χ1v) is 7.46. The van der Waals surface area contributed by atoms with Gasteiger partial charge >= 0.3 is 0 Å². The number of alkyl halides is 1. The van der Waals surface area contributed by atoms with E-state index < -0.39 is 0 Å². The average molecular weight is 311 g/mol. The summed E-state index contributed by atoms with van der Waals surface area (Å²) in [5, 5.41) is 5.60. The largest absolute Gasteiger partial charge is 0.312 e. The Balaban J connectivity index is 2.20. The Kier molecular flexibility index (Phi) is 6.89. The molecule has 1 unspecified atom stereocenters. The van der Waals surface area contributed by atoms with Crippen molar-refractivity contribution in [1.29, 1.82) is 0 Å². The predicted molar refractivity (Wildman–Crippen MR) is 72.8 cm³/mol. The lowest BCUT2D eigenvalue weighted by atomic mass is 10.0. The number of halogens is 2. The lowest BCUT2D eigenvalue weighted by Crippen LogP contribution is -2.22. The van der Waals surface area contributed by atoms with Crippen LogP contribution < -0.4 is 5.32 Å². The number of hydrogen-bond donors (Lipinski definition) is 1. The van der Waals surface area contributed by atoms with Gasteiger partial charge in [-0.1, -0.05) is 13.3 Å². The van der Waals surface area contributed by atoms with E-state index in [0.717, 1.165) is 25.4 Å². The summed E-state index contributed by atoms with van der Waals surface area (Å²) in [6.45, 7) is 4.26. The summed E-state index contributed by atoms with van der Waals surface area (Å²) >= 11 is 11.0. The molecule has 1 heterocycles. The fraction of sp³-hybridized carbons (Fsp3) is 0.636. The molecule has 0 aromatic carbocycles. The van der Waals surface area contributed by atoms with Gasteiger partial charge < -0.3 is 5.32 Å². The van der Waals surface area contributed by atoms with Gasteiger partial charge in [-0.3, -0.25) is 0 Å². The van der Waals surface area contributed by atoms with Crippen LogP contribution in [0.4, 0.5) is 0 Å². The van der Waals surface area contributed by atoms with E-state index in [1.165, 1.54) is 15.8 Å². The van der Waals surface area contributed by atoms with Gasteiger partial charge in [0.25, 0.3) is 0 Å². The maximum Gasteiger partial charge on any atom is 0.0300 e. The standard InChI is InChI=1S/C11H17BrClNS/c1-2-9(3-4-13)6-14-7-11-5-10(12)8-15-11/h5,8-9,14H,2-4,6-7H2,1H3. The van der Waals surface area contributed by atoms with Crippen LogP contribution >= 0.6 is 38.9 Å². The fourth-order valence-electron chi connectivity index (χ4n) is 1.45. The molecule has 0 bridgehead atoms. The van der Waals surface area contributed by atoms with Crippen molar-refractivity contribution in [1.82, 2.24) is 5.32 Å². The van der Waals surface area contributed by atoms with Crippen molar-refractivity contribution in [3.05, 3.63) is 20.8 Å². The van der Waals surface area contributed by atoms with E-state index >= 15 is 0 Å². The van der Waals surface area contributed by atoms with Crippen molar-refractivity contribution in [3.8, 4) is 0 Å². The van der Waals surface area contributed by atoms with E-state index in [1.54, 1.807) is 11.3 Å². The zero-order chi connectivity index (χ0) is 11.1. The molecule has 15 heavy (non-hydrogen) atoms. The Hall–Kier alpha value is 0.430. The highest BCUT2D eigenvalue weighted by molar-refractivity contribution is 9.10. The van der Waals surface area contributed by atoms with Gasteiger partial charge in [0.05, 0.1) is 0 Å². The van der Waals surface area contributed by atoms with Crippen molar-refractivity contribution in [2.75, 3.05) is 12.4 Å². The molecule has 0 aliphatic carbocycles. The third kappa shape index (κ3) is 5.34. The minimum Gasteiger partial charge on any atom is -0.312 e. The Bertz CT molecular complexity index is 277. The highest BCUT2D eigenvalue weighted by Crippen LogP contribution is 2.19. The molecule has 0 saturated carbocycles. The summed E-state index contributed by atoms with van der Waals surface area (Å²) in [4.78, 5) is 1.38.